The van der Waals surface area contributed by atoms with Crippen molar-refractivity contribution in [2.24, 2.45) is 11.7 Å². The van der Waals surface area contributed by atoms with Gasteiger partial charge >= 0.3 is 6.09 Å². The molecule has 4 heteroatoms. The fraction of sp³-hybridized carbons (Fsp3) is 0.571. The van der Waals surface area contributed by atoms with Gasteiger partial charge in [-0.25, -0.2) is 4.79 Å². The van der Waals surface area contributed by atoms with Crippen molar-refractivity contribution in [2.75, 3.05) is 0 Å². The van der Waals surface area contributed by atoms with E-state index in [0.29, 0.717) is 5.92 Å². The predicted octanol–water partition coefficient (Wildman–Crippen LogP) is 0.989. The number of carboxylic acid groups (broad SMARTS) is 1. The Hall–Kier alpha value is -1.37. The molecule has 0 saturated carbocycles. The molecule has 0 aliphatic rings. The van der Waals surface area contributed by atoms with E-state index in [1.165, 1.54) is 0 Å². The van der Waals surface area contributed by atoms with Gasteiger partial charge in [0.25, 0.3) is 0 Å². The topological polar surface area (TPSA) is 83.5 Å². The number of aliphatic hydroxyl groups excluding tert-OH is 1. The second-order valence-corrected chi connectivity index (χ2v) is 1.90. The van der Waals surface area contributed by atoms with Crippen LogP contribution in [0.15, 0.2) is 0 Å². The molecule has 1 unspecified atom stereocenters. The van der Waals surface area contributed by atoms with Crippen molar-refractivity contribution in [3.63, 3.8) is 0 Å². The predicted molar refractivity (Wildman–Crippen MR) is 41.4 cm³/mol. The zero-order chi connectivity index (χ0) is 9.28. The third-order valence-corrected chi connectivity index (χ3v) is 0.923. The van der Waals surface area contributed by atoms with Crippen molar-refractivity contribution in [3.05, 3.63) is 0 Å². The van der Waals surface area contributed by atoms with Gasteiger partial charge in [0, 0.05) is 5.92 Å². The zero-order valence-electron chi connectivity index (χ0n) is 6.66. The van der Waals surface area contributed by atoms with Gasteiger partial charge in [-0.15, -0.1) is 0 Å². The molecule has 0 aliphatic heterocycles. The SMILES string of the molecule is CCC(C)C#CO.NC(=O)O. The van der Waals surface area contributed by atoms with Crippen LogP contribution in [0.2, 0.25) is 0 Å². The smallest absolute Gasteiger partial charge is 0.402 e. The molecule has 0 saturated heterocycles. The first-order chi connectivity index (χ1) is 5.04. The molecule has 0 aromatic carbocycles. The van der Waals surface area contributed by atoms with E-state index in [2.05, 4.69) is 11.7 Å². The van der Waals surface area contributed by atoms with Gasteiger partial charge in [0.1, 0.15) is 6.11 Å². The van der Waals surface area contributed by atoms with E-state index in [4.69, 9.17) is 15.0 Å². The number of primary amides is 1. The van der Waals surface area contributed by atoms with Gasteiger partial charge in [0.05, 0.1) is 0 Å². The highest BCUT2D eigenvalue weighted by Crippen LogP contribution is 1.95. The highest BCUT2D eigenvalue weighted by atomic mass is 16.4. The van der Waals surface area contributed by atoms with Crippen LogP contribution in [0.5, 0.6) is 0 Å². The molecule has 0 aliphatic carbocycles. The highest BCUT2D eigenvalue weighted by Gasteiger charge is 1.87. The molecule has 0 fully saturated rings. The molecule has 1 amide bonds. The van der Waals surface area contributed by atoms with Crippen LogP contribution >= 0.6 is 0 Å². The monoisotopic (exact) mass is 159 g/mol. The average Bonchev–Trinajstić information content (AvgIpc) is 1.87. The molecule has 0 rings (SSSR count). The third kappa shape index (κ3) is 28.8. The Morgan fingerprint density at radius 2 is 2.09 bits per heavy atom. The number of hydrogen-bond donors (Lipinski definition) is 3. The van der Waals surface area contributed by atoms with E-state index in [-0.39, 0.29) is 0 Å². The molecule has 0 aromatic rings. The summed E-state index contributed by atoms with van der Waals surface area (Å²) in [5.74, 6) is 2.94. The van der Waals surface area contributed by atoms with Crippen LogP contribution in [0.25, 0.3) is 0 Å². The Balaban J connectivity index is 0. The maximum absolute atomic E-state index is 8.78. The first-order valence-electron chi connectivity index (χ1n) is 3.17. The summed E-state index contributed by atoms with van der Waals surface area (Å²) in [5.41, 5.74) is 4.03. The van der Waals surface area contributed by atoms with Gasteiger partial charge in [0.15, 0.2) is 0 Å². The molecule has 4 N–H and O–H groups in total. The van der Waals surface area contributed by atoms with Gasteiger partial charge in [-0.1, -0.05) is 19.8 Å². The molecule has 0 radical (unpaired) electrons. The molecule has 0 bridgehead atoms. The largest absolute Gasteiger partial charge is 0.465 e. The fourth-order valence-electron chi connectivity index (χ4n) is 0.212. The molecule has 4 nitrogen and oxygen atoms in total. The van der Waals surface area contributed by atoms with Crippen LogP contribution in [0.1, 0.15) is 20.3 Å². The molecule has 0 aromatic heterocycles. The first kappa shape index (κ1) is 12.3. The van der Waals surface area contributed by atoms with Gasteiger partial charge in [-0.05, 0) is 6.42 Å². The summed E-state index contributed by atoms with van der Waals surface area (Å²) < 4.78 is 0. The number of nitrogens with two attached hydrogens (primary N) is 1. The second-order valence-electron chi connectivity index (χ2n) is 1.90. The third-order valence-electron chi connectivity index (χ3n) is 0.923. The van der Waals surface area contributed by atoms with Crippen LogP contribution in [-0.2, 0) is 0 Å². The van der Waals surface area contributed by atoms with Crippen LogP contribution in [0.3, 0.4) is 0 Å². The summed E-state index contributed by atoms with van der Waals surface area (Å²) in [6.45, 7) is 4.01. The maximum atomic E-state index is 8.78. The fourth-order valence-corrected chi connectivity index (χ4v) is 0.212. The Labute approximate surface area is 66.0 Å². The van der Waals surface area contributed by atoms with Crippen LogP contribution in [-0.4, -0.2) is 16.3 Å². The van der Waals surface area contributed by atoms with Crippen LogP contribution in [0, 0.1) is 17.9 Å². The summed E-state index contributed by atoms with van der Waals surface area (Å²) >= 11 is 0. The van der Waals surface area contributed by atoms with E-state index >= 15 is 0 Å². The lowest BCUT2D eigenvalue weighted by atomic mass is 10.1. The lowest BCUT2D eigenvalue weighted by molar-refractivity contribution is 0.205. The van der Waals surface area contributed by atoms with Crippen LogP contribution in [0.4, 0.5) is 4.79 Å². The number of rotatable bonds is 1. The first-order valence-corrected chi connectivity index (χ1v) is 3.17. The zero-order valence-corrected chi connectivity index (χ0v) is 6.66. The highest BCUT2D eigenvalue weighted by molar-refractivity contribution is 5.61. The van der Waals surface area contributed by atoms with E-state index in [9.17, 15) is 0 Å². The Bertz CT molecular complexity index is 153. The van der Waals surface area contributed by atoms with Gasteiger partial charge < -0.3 is 15.9 Å². The summed E-state index contributed by atoms with van der Waals surface area (Å²) in [5, 5.41) is 15.2. The van der Waals surface area contributed by atoms with Gasteiger partial charge in [-0.3, -0.25) is 0 Å². The van der Waals surface area contributed by atoms with E-state index < -0.39 is 6.09 Å². The van der Waals surface area contributed by atoms with E-state index in [0.717, 1.165) is 6.42 Å². The molecular formula is C7H13NO3. The summed E-state index contributed by atoms with van der Waals surface area (Å²) in [4.78, 5) is 8.78. The minimum absolute atomic E-state index is 0.338. The summed E-state index contributed by atoms with van der Waals surface area (Å²) in [6.07, 6.45) is 1.54. The number of aliphatic hydroxyl groups is 1. The summed E-state index contributed by atoms with van der Waals surface area (Å²) in [7, 11) is 0. The van der Waals surface area contributed by atoms with Crippen molar-refractivity contribution in [1.82, 2.24) is 0 Å². The Morgan fingerprint density at radius 3 is 2.18 bits per heavy atom. The number of amides is 1. The van der Waals surface area contributed by atoms with Gasteiger partial charge in [-0.2, -0.15) is 0 Å². The van der Waals surface area contributed by atoms with E-state index in [1.54, 1.807) is 0 Å². The molecule has 0 spiro atoms. The second kappa shape index (κ2) is 8.63. The standard InChI is InChI=1S/C6H10O.CH3NO2/c1-3-6(2)4-5-7;2-1(3)4/h6-7H,3H2,1-2H3;2H2,(H,3,4). The lowest BCUT2D eigenvalue weighted by Gasteiger charge is -1.90. The minimum atomic E-state index is -1.33. The Kier molecular flexibility index (Phi) is 9.67. The van der Waals surface area contributed by atoms with Crippen molar-refractivity contribution < 1.29 is 15.0 Å². The van der Waals surface area contributed by atoms with Crippen LogP contribution < -0.4 is 5.73 Å². The van der Waals surface area contributed by atoms with Crippen molar-refractivity contribution in [1.29, 1.82) is 0 Å². The van der Waals surface area contributed by atoms with Crippen molar-refractivity contribution in [2.45, 2.75) is 20.3 Å². The molecule has 0 heterocycles. The number of hydrogen-bond acceptors (Lipinski definition) is 2. The molecular weight excluding hydrogens is 146 g/mol. The average molecular weight is 159 g/mol. The Morgan fingerprint density at radius 1 is 1.73 bits per heavy atom. The molecule has 11 heavy (non-hydrogen) atoms. The number of carbonyl (C=O) groups is 1. The molecule has 64 valence electrons. The lowest BCUT2D eigenvalue weighted by Crippen LogP contribution is -2.03. The minimum Gasteiger partial charge on any atom is -0.465 e. The summed E-state index contributed by atoms with van der Waals surface area (Å²) in [6, 6.07) is 0. The van der Waals surface area contributed by atoms with Crippen molar-refractivity contribution in [3.8, 4) is 12.0 Å². The molecule has 1 atom stereocenters. The van der Waals surface area contributed by atoms with Crippen molar-refractivity contribution >= 4 is 6.09 Å². The quantitative estimate of drug-likeness (QED) is 0.499. The van der Waals surface area contributed by atoms with Gasteiger partial charge in [0.2, 0.25) is 0 Å². The van der Waals surface area contributed by atoms with E-state index in [1.807, 2.05) is 20.0 Å². The normalized spacial score (nSPS) is 9.64. The maximum Gasteiger partial charge on any atom is 0.402 e.